The second-order valence-corrected chi connectivity index (χ2v) is 5.86. The van der Waals surface area contributed by atoms with Crippen LogP contribution in [-0.2, 0) is 14.6 Å². The van der Waals surface area contributed by atoms with Crippen LogP contribution in [0.4, 0.5) is 0 Å². The van der Waals surface area contributed by atoms with Crippen LogP contribution in [0.25, 0.3) is 0 Å². The average molecular weight is 314 g/mol. The number of unbranched alkanes of at least 4 members (excludes halogenated alkanes) is 10. The van der Waals surface area contributed by atoms with Gasteiger partial charge in [-0.25, -0.2) is 8.42 Å². The second kappa shape index (κ2) is 15.8. The molecule has 0 fully saturated rings. The van der Waals surface area contributed by atoms with E-state index in [1.807, 2.05) is 0 Å². The average Bonchev–Trinajstić information content (AvgIpc) is 2.34. The minimum Gasteiger partial charge on any atom is -0.716 e. The number of hydrogen-bond donors (Lipinski definition) is 0. The molecule has 0 N–H and O–H groups in total. The van der Waals surface area contributed by atoms with Crippen molar-refractivity contribution in [3.8, 4) is 0 Å². The molecule has 0 aromatic carbocycles. The van der Waals surface area contributed by atoms with E-state index in [1.165, 1.54) is 51.4 Å². The van der Waals surface area contributed by atoms with E-state index in [0.717, 1.165) is 25.5 Å². The van der Waals surface area contributed by atoms with Gasteiger partial charge in [0.05, 0.1) is 0 Å². The van der Waals surface area contributed by atoms with E-state index in [-0.39, 0.29) is 29.6 Å². The summed E-state index contributed by atoms with van der Waals surface area (Å²) in [7, 11) is -4.58. The zero-order valence-electron chi connectivity index (χ0n) is 13.0. The van der Waals surface area contributed by atoms with E-state index >= 15 is 0 Å². The van der Waals surface area contributed by atoms with Gasteiger partial charge in [0.2, 0.25) is 0 Å². The maximum atomic E-state index is 10.1. The Morgan fingerprint density at radius 3 is 1.80 bits per heavy atom. The van der Waals surface area contributed by atoms with Gasteiger partial charge in [0.15, 0.2) is 0 Å². The fraction of sp³-hybridized carbons (Fsp3) is 0.857. The third kappa shape index (κ3) is 20.8. The molecule has 6 heteroatoms. The Balaban J connectivity index is 0. The minimum absolute atomic E-state index is 0. The van der Waals surface area contributed by atoms with Crippen LogP contribution in [0, 0.1) is 0 Å². The van der Waals surface area contributed by atoms with Crippen LogP contribution >= 0.6 is 0 Å². The van der Waals surface area contributed by atoms with Crippen molar-refractivity contribution in [1.29, 1.82) is 0 Å². The fourth-order valence-corrected chi connectivity index (χ4v) is 2.14. The van der Waals surface area contributed by atoms with E-state index in [2.05, 4.69) is 11.1 Å². The van der Waals surface area contributed by atoms with Crippen LogP contribution in [0.15, 0.2) is 12.3 Å². The molecule has 0 saturated carbocycles. The third-order valence-electron chi connectivity index (χ3n) is 2.99. The Morgan fingerprint density at radius 2 is 1.35 bits per heavy atom. The van der Waals surface area contributed by atoms with Gasteiger partial charge in [-0.15, -0.1) is 0 Å². The monoisotopic (exact) mass is 314 g/mol. The number of allylic oxidation sites excluding steroid dienone is 1. The predicted molar refractivity (Wildman–Crippen MR) is 76.4 cm³/mol. The molecule has 0 amide bonds. The Morgan fingerprint density at radius 1 is 0.900 bits per heavy atom. The Hall–Kier alpha value is 0.450. The Bertz CT molecular complexity index is 315. The molecule has 0 atom stereocenters. The summed E-state index contributed by atoms with van der Waals surface area (Å²) >= 11 is 0. The first-order chi connectivity index (χ1) is 9.06. The van der Waals surface area contributed by atoms with Crippen molar-refractivity contribution in [2.75, 3.05) is 0 Å². The van der Waals surface area contributed by atoms with Crippen molar-refractivity contribution >= 4 is 10.4 Å². The van der Waals surface area contributed by atoms with E-state index < -0.39 is 10.4 Å². The molecule has 0 radical (unpaired) electrons. The molecule has 20 heavy (non-hydrogen) atoms. The molecule has 0 spiro atoms. The summed E-state index contributed by atoms with van der Waals surface area (Å²) in [5.74, 6) is 0. The van der Waals surface area contributed by atoms with Gasteiger partial charge in [0.25, 0.3) is 10.4 Å². The van der Waals surface area contributed by atoms with Gasteiger partial charge in [-0.2, -0.15) is 0 Å². The van der Waals surface area contributed by atoms with Crippen LogP contribution in [0.3, 0.4) is 0 Å². The van der Waals surface area contributed by atoms with Gasteiger partial charge in [-0.05, 0) is 18.9 Å². The van der Waals surface area contributed by atoms with Crippen molar-refractivity contribution in [1.82, 2.24) is 0 Å². The molecule has 0 aromatic heterocycles. The van der Waals surface area contributed by atoms with E-state index in [9.17, 15) is 13.0 Å². The van der Waals surface area contributed by atoms with Crippen LogP contribution in [0.2, 0.25) is 0 Å². The summed E-state index contributed by atoms with van der Waals surface area (Å²) in [6.45, 7) is 2.23. The largest absolute Gasteiger partial charge is 1.00 e. The first-order valence-electron chi connectivity index (χ1n) is 7.35. The van der Waals surface area contributed by atoms with Gasteiger partial charge in [0.1, 0.15) is 6.26 Å². The van der Waals surface area contributed by atoms with E-state index in [1.54, 1.807) is 6.08 Å². The number of rotatable bonds is 13. The molecule has 0 saturated heterocycles. The van der Waals surface area contributed by atoms with Crippen molar-refractivity contribution in [3.63, 3.8) is 0 Å². The van der Waals surface area contributed by atoms with E-state index in [0.29, 0.717) is 0 Å². The summed E-state index contributed by atoms with van der Waals surface area (Å²) in [5, 5.41) is 0. The molecular formula is C14H27NaO4S. The second-order valence-electron chi connectivity index (χ2n) is 4.85. The summed E-state index contributed by atoms with van der Waals surface area (Å²) < 4.78 is 34.3. The molecule has 0 aliphatic heterocycles. The first-order valence-corrected chi connectivity index (χ1v) is 8.68. The van der Waals surface area contributed by atoms with E-state index in [4.69, 9.17) is 0 Å². The predicted octanol–water partition coefficient (Wildman–Crippen LogP) is 1.29. The molecule has 4 nitrogen and oxygen atoms in total. The molecule has 0 aromatic rings. The molecular weight excluding hydrogens is 287 g/mol. The maximum Gasteiger partial charge on any atom is 1.00 e. The summed E-state index contributed by atoms with van der Waals surface area (Å²) in [6, 6.07) is 0. The van der Waals surface area contributed by atoms with Gasteiger partial charge in [-0.1, -0.05) is 64.7 Å². The smallest absolute Gasteiger partial charge is 0.716 e. The zero-order chi connectivity index (χ0) is 14.4. The summed E-state index contributed by atoms with van der Waals surface area (Å²) in [5.41, 5.74) is 0. The van der Waals surface area contributed by atoms with Gasteiger partial charge in [-0.3, -0.25) is 0 Å². The summed E-state index contributed by atoms with van der Waals surface area (Å²) in [6.07, 6.45) is 16.0. The van der Waals surface area contributed by atoms with Gasteiger partial charge in [0, 0.05) is 0 Å². The zero-order valence-corrected chi connectivity index (χ0v) is 15.8. The standard InChI is InChI=1S/C14H28O4S.Na/c1-2-3-4-5-6-7-8-9-10-11-12-13-14-18-19(15,16)17;/h13-14H,2-12H2,1H3,(H,15,16,17);/q;+1/p-1. The SMILES string of the molecule is CCCCCCCCCCCCC=COS(=O)(=O)[O-].[Na+]. The van der Waals surface area contributed by atoms with Crippen LogP contribution in [-0.4, -0.2) is 13.0 Å². The first kappa shape index (κ1) is 22.7. The van der Waals surface area contributed by atoms with Crippen LogP contribution < -0.4 is 29.6 Å². The molecule has 0 heterocycles. The molecule has 0 aliphatic carbocycles. The van der Waals surface area contributed by atoms with Gasteiger partial charge >= 0.3 is 29.6 Å². The Kier molecular flexibility index (Phi) is 18.0. The molecule has 0 aliphatic rings. The molecule has 0 rings (SSSR count). The van der Waals surface area contributed by atoms with Gasteiger partial charge < -0.3 is 8.74 Å². The molecule has 0 unspecified atom stereocenters. The quantitative estimate of drug-likeness (QED) is 0.169. The topological polar surface area (TPSA) is 66.4 Å². The van der Waals surface area contributed by atoms with Crippen molar-refractivity contribution in [2.45, 2.75) is 77.6 Å². The van der Waals surface area contributed by atoms with Crippen molar-refractivity contribution < 1.29 is 46.7 Å². The molecule has 0 bridgehead atoms. The normalized spacial score (nSPS) is 11.5. The Labute approximate surface area is 146 Å². The van der Waals surface area contributed by atoms with Crippen molar-refractivity contribution in [3.05, 3.63) is 12.3 Å². The van der Waals surface area contributed by atoms with Crippen LogP contribution in [0.1, 0.15) is 77.6 Å². The van der Waals surface area contributed by atoms with Crippen molar-refractivity contribution in [2.24, 2.45) is 0 Å². The molecule has 114 valence electrons. The van der Waals surface area contributed by atoms with Crippen LogP contribution in [0.5, 0.6) is 0 Å². The fourth-order valence-electron chi connectivity index (χ4n) is 1.92. The number of hydrogen-bond acceptors (Lipinski definition) is 4. The minimum atomic E-state index is -4.58. The summed E-state index contributed by atoms with van der Waals surface area (Å²) in [4.78, 5) is 0. The maximum absolute atomic E-state index is 10.1. The third-order valence-corrected chi connectivity index (χ3v) is 3.34.